The molecule has 2 heterocycles. The fourth-order valence-corrected chi connectivity index (χ4v) is 2.27. The van der Waals surface area contributed by atoms with Crippen molar-refractivity contribution in [3.63, 3.8) is 0 Å². The van der Waals surface area contributed by atoms with E-state index in [0.717, 1.165) is 39.1 Å². The Morgan fingerprint density at radius 3 is 3.15 bits per heavy atom. The van der Waals surface area contributed by atoms with Crippen molar-refractivity contribution >= 4 is 35.8 Å². The van der Waals surface area contributed by atoms with Crippen LogP contribution in [0.5, 0.6) is 0 Å². The second kappa shape index (κ2) is 9.35. The predicted molar refractivity (Wildman–Crippen MR) is 88.3 cm³/mol. The summed E-state index contributed by atoms with van der Waals surface area (Å²) >= 11 is 0. The maximum Gasteiger partial charge on any atom is 0.234 e. The highest BCUT2D eigenvalue weighted by molar-refractivity contribution is 14.0. The smallest absolute Gasteiger partial charge is 0.234 e. The quantitative estimate of drug-likeness (QED) is 0.319. The summed E-state index contributed by atoms with van der Waals surface area (Å²) in [5.74, 6) is 0.545. The molecule has 116 valence electrons. The molecule has 0 aromatic rings. The highest BCUT2D eigenvalue weighted by Gasteiger charge is 2.16. The Bertz CT molecular complexity index is 334. The molecule has 0 aromatic carbocycles. The van der Waals surface area contributed by atoms with Gasteiger partial charge in [0.05, 0.1) is 19.2 Å². The number of hydrogen-bond donors (Lipinski definition) is 3. The van der Waals surface area contributed by atoms with Gasteiger partial charge >= 0.3 is 0 Å². The van der Waals surface area contributed by atoms with Gasteiger partial charge in [0.1, 0.15) is 0 Å². The van der Waals surface area contributed by atoms with Crippen LogP contribution in [-0.2, 0) is 9.53 Å². The van der Waals surface area contributed by atoms with E-state index in [2.05, 4.69) is 20.5 Å². The third-order valence-electron chi connectivity index (χ3n) is 3.34. The van der Waals surface area contributed by atoms with Crippen LogP contribution in [0.15, 0.2) is 4.99 Å². The van der Waals surface area contributed by atoms with Crippen molar-refractivity contribution in [1.82, 2.24) is 15.5 Å². The number of nitrogens with one attached hydrogen (secondary N) is 2. The zero-order chi connectivity index (χ0) is 13.5. The van der Waals surface area contributed by atoms with Crippen molar-refractivity contribution in [2.24, 2.45) is 10.7 Å². The first kappa shape index (κ1) is 17.4. The molecular formula is C12H24IN5O2. The van der Waals surface area contributed by atoms with Crippen LogP contribution in [0.1, 0.15) is 12.8 Å². The van der Waals surface area contributed by atoms with Gasteiger partial charge in [0.25, 0.3) is 0 Å². The van der Waals surface area contributed by atoms with Crippen LogP contribution in [0, 0.1) is 0 Å². The number of amides is 1. The number of aliphatic imine (C=N–C) groups is 1. The fourth-order valence-electron chi connectivity index (χ4n) is 2.27. The van der Waals surface area contributed by atoms with Crippen molar-refractivity contribution in [1.29, 1.82) is 0 Å². The summed E-state index contributed by atoms with van der Waals surface area (Å²) in [6.07, 6.45) is 2.41. The van der Waals surface area contributed by atoms with Crippen LogP contribution in [0.25, 0.3) is 0 Å². The molecule has 0 aromatic heterocycles. The zero-order valence-corrected chi connectivity index (χ0v) is 14.0. The molecular weight excluding hydrogens is 373 g/mol. The molecule has 2 rings (SSSR count). The lowest BCUT2D eigenvalue weighted by molar-refractivity contribution is -0.124. The molecule has 1 amide bonds. The number of nitrogens with two attached hydrogens (primary N) is 1. The maximum atomic E-state index is 11.2. The largest absolute Gasteiger partial charge is 0.376 e. The molecule has 1 atom stereocenters. The lowest BCUT2D eigenvalue weighted by atomic mass is 10.2. The fraction of sp³-hybridized carbons (Fsp3) is 0.833. The molecule has 2 aliphatic rings. The molecule has 7 nitrogen and oxygen atoms in total. The Morgan fingerprint density at radius 2 is 2.45 bits per heavy atom. The van der Waals surface area contributed by atoms with Crippen LogP contribution in [-0.4, -0.2) is 68.7 Å². The molecule has 4 N–H and O–H groups in total. The van der Waals surface area contributed by atoms with E-state index in [4.69, 9.17) is 10.5 Å². The SMILES string of the molecule is I.NC(=NCC1CCCO1)NCCN1CCNC(=O)C1. The number of nitrogens with zero attached hydrogens (tertiary/aromatic N) is 2. The summed E-state index contributed by atoms with van der Waals surface area (Å²) in [6.45, 7) is 5.05. The van der Waals surface area contributed by atoms with Gasteiger partial charge < -0.3 is 21.1 Å². The number of carbonyl (C=O) groups is 1. The van der Waals surface area contributed by atoms with E-state index < -0.39 is 0 Å². The highest BCUT2D eigenvalue weighted by Crippen LogP contribution is 2.11. The lowest BCUT2D eigenvalue weighted by Gasteiger charge is -2.26. The molecule has 0 aliphatic carbocycles. The van der Waals surface area contributed by atoms with Gasteiger partial charge in [-0.3, -0.25) is 14.7 Å². The first-order valence-corrected chi connectivity index (χ1v) is 6.88. The molecule has 0 radical (unpaired) electrons. The summed E-state index contributed by atoms with van der Waals surface area (Å²) in [4.78, 5) is 17.5. The van der Waals surface area contributed by atoms with Gasteiger partial charge in [-0.25, -0.2) is 0 Å². The summed E-state index contributed by atoms with van der Waals surface area (Å²) in [5.41, 5.74) is 5.78. The highest BCUT2D eigenvalue weighted by atomic mass is 127. The van der Waals surface area contributed by atoms with Crippen LogP contribution in [0.2, 0.25) is 0 Å². The first-order chi connectivity index (χ1) is 9.24. The Balaban J connectivity index is 0.00000200. The third-order valence-corrected chi connectivity index (χ3v) is 3.34. The van der Waals surface area contributed by atoms with E-state index >= 15 is 0 Å². The predicted octanol–water partition coefficient (Wildman–Crippen LogP) is -0.880. The Morgan fingerprint density at radius 1 is 1.60 bits per heavy atom. The van der Waals surface area contributed by atoms with Gasteiger partial charge in [0, 0.05) is 32.8 Å². The van der Waals surface area contributed by atoms with Crippen molar-refractivity contribution in [3.05, 3.63) is 0 Å². The molecule has 0 bridgehead atoms. The van der Waals surface area contributed by atoms with E-state index in [1.165, 1.54) is 0 Å². The van der Waals surface area contributed by atoms with Gasteiger partial charge in [0.2, 0.25) is 5.91 Å². The Labute approximate surface area is 136 Å². The molecule has 0 spiro atoms. The molecule has 8 heteroatoms. The molecule has 2 saturated heterocycles. The average molecular weight is 397 g/mol. The number of guanidine groups is 1. The third kappa shape index (κ3) is 6.23. The van der Waals surface area contributed by atoms with Gasteiger partial charge in [-0.05, 0) is 12.8 Å². The van der Waals surface area contributed by atoms with Crippen LogP contribution in [0.4, 0.5) is 0 Å². The summed E-state index contributed by atoms with van der Waals surface area (Å²) in [6, 6.07) is 0. The minimum absolute atomic E-state index is 0. The normalized spacial score (nSPS) is 24.1. The molecule has 20 heavy (non-hydrogen) atoms. The molecule has 1 unspecified atom stereocenters. The second-order valence-corrected chi connectivity index (χ2v) is 4.91. The lowest BCUT2D eigenvalue weighted by Crippen LogP contribution is -2.50. The van der Waals surface area contributed by atoms with Crippen molar-refractivity contribution < 1.29 is 9.53 Å². The van der Waals surface area contributed by atoms with E-state index in [0.29, 0.717) is 25.6 Å². The molecule has 2 fully saturated rings. The summed E-state index contributed by atoms with van der Waals surface area (Å²) < 4.78 is 5.47. The number of carbonyl (C=O) groups excluding carboxylic acids is 1. The number of halogens is 1. The molecule has 2 aliphatic heterocycles. The number of ether oxygens (including phenoxy) is 1. The minimum Gasteiger partial charge on any atom is -0.376 e. The monoisotopic (exact) mass is 397 g/mol. The maximum absolute atomic E-state index is 11.2. The van der Waals surface area contributed by atoms with E-state index in [-0.39, 0.29) is 36.0 Å². The van der Waals surface area contributed by atoms with Crippen molar-refractivity contribution in [2.75, 3.05) is 45.9 Å². The minimum atomic E-state index is 0. The topological polar surface area (TPSA) is 92.0 Å². The van der Waals surface area contributed by atoms with Crippen molar-refractivity contribution in [3.8, 4) is 0 Å². The van der Waals surface area contributed by atoms with Crippen LogP contribution in [0.3, 0.4) is 0 Å². The van der Waals surface area contributed by atoms with E-state index in [9.17, 15) is 4.79 Å². The summed E-state index contributed by atoms with van der Waals surface area (Å²) in [5, 5.41) is 5.87. The Kier molecular flexibility index (Phi) is 8.15. The van der Waals surface area contributed by atoms with Crippen molar-refractivity contribution in [2.45, 2.75) is 18.9 Å². The summed E-state index contributed by atoms with van der Waals surface area (Å²) in [7, 11) is 0. The van der Waals surface area contributed by atoms with Gasteiger partial charge in [-0.15, -0.1) is 24.0 Å². The van der Waals surface area contributed by atoms with Crippen LogP contribution < -0.4 is 16.4 Å². The van der Waals surface area contributed by atoms with E-state index in [1.807, 2.05) is 0 Å². The van der Waals surface area contributed by atoms with Gasteiger partial charge in [0.15, 0.2) is 5.96 Å². The van der Waals surface area contributed by atoms with Gasteiger partial charge in [-0.1, -0.05) is 0 Å². The van der Waals surface area contributed by atoms with Crippen LogP contribution >= 0.6 is 24.0 Å². The Hall–Kier alpha value is -0.610. The number of piperazine rings is 1. The standard InChI is InChI=1S/C12H23N5O2.HI/c13-12(16-8-10-2-1-7-19-10)15-4-6-17-5-3-14-11(18)9-17;/h10H,1-9H2,(H,14,18)(H3,13,15,16);1H. The number of hydrogen-bond acceptors (Lipinski definition) is 4. The average Bonchev–Trinajstić information content (AvgIpc) is 2.89. The zero-order valence-electron chi connectivity index (χ0n) is 11.6. The van der Waals surface area contributed by atoms with Gasteiger partial charge in [-0.2, -0.15) is 0 Å². The first-order valence-electron chi connectivity index (χ1n) is 6.88. The number of rotatable bonds is 5. The second-order valence-electron chi connectivity index (χ2n) is 4.91. The van der Waals surface area contributed by atoms with E-state index in [1.54, 1.807) is 0 Å². The molecule has 0 saturated carbocycles.